The number of rotatable bonds is 7. The number of carbonyl (C=O) groups is 2. The van der Waals surface area contributed by atoms with Crippen molar-refractivity contribution in [3.8, 4) is 0 Å². The first-order chi connectivity index (χ1) is 14.0. The largest absolute Gasteiger partial charge is 0.465 e. The van der Waals surface area contributed by atoms with Crippen LogP contribution < -0.4 is 10.6 Å². The summed E-state index contributed by atoms with van der Waals surface area (Å²) in [5.74, 6) is -0.954. The Morgan fingerprint density at radius 2 is 1.66 bits per heavy atom. The van der Waals surface area contributed by atoms with E-state index in [-0.39, 0.29) is 11.7 Å². The smallest absolute Gasteiger partial charge is 0.337 e. The van der Waals surface area contributed by atoms with Crippen molar-refractivity contribution < 1.29 is 18.7 Å². The molecule has 29 heavy (non-hydrogen) atoms. The highest BCUT2D eigenvalue weighted by atomic mass is 19.1. The average molecular weight is 393 g/mol. The number of amides is 1. The molecule has 6 nitrogen and oxygen atoms in total. The summed E-state index contributed by atoms with van der Waals surface area (Å²) in [6.45, 7) is 0.429. The fourth-order valence-corrected chi connectivity index (χ4v) is 2.64. The molecule has 2 N–H and O–H groups in total. The van der Waals surface area contributed by atoms with Gasteiger partial charge in [0, 0.05) is 12.2 Å². The van der Waals surface area contributed by atoms with E-state index in [2.05, 4.69) is 20.4 Å². The lowest BCUT2D eigenvalue weighted by molar-refractivity contribution is 0.0600. The maximum atomic E-state index is 12.9. The molecule has 0 aliphatic heterocycles. The lowest BCUT2D eigenvalue weighted by Gasteiger charge is -2.08. The number of pyridine rings is 1. The molecule has 148 valence electrons. The summed E-state index contributed by atoms with van der Waals surface area (Å²) in [5.41, 5.74) is 3.19. The molecule has 7 heteroatoms. The minimum atomic E-state index is -0.395. The number of hydrogen-bond acceptors (Lipinski definition) is 5. The first kappa shape index (κ1) is 20.0. The Kier molecular flexibility index (Phi) is 6.52. The lowest BCUT2D eigenvalue weighted by atomic mass is 10.1. The summed E-state index contributed by atoms with van der Waals surface area (Å²) in [4.78, 5) is 27.8. The second-order valence-corrected chi connectivity index (χ2v) is 6.26. The minimum Gasteiger partial charge on any atom is -0.465 e. The highest BCUT2D eigenvalue weighted by molar-refractivity contribution is 5.92. The van der Waals surface area contributed by atoms with Gasteiger partial charge in [-0.05, 0) is 60.5 Å². The molecule has 0 spiro atoms. The maximum Gasteiger partial charge on any atom is 0.337 e. The van der Waals surface area contributed by atoms with Crippen molar-refractivity contribution in [3.63, 3.8) is 0 Å². The zero-order valence-electron chi connectivity index (χ0n) is 15.8. The Hall–Kier alpha value is -3.74. The quantitative estimate of drug-likeness (QED) is 0.598. The summed E-state index contributed by atoms with van der Waals surface area (Å²) >= 11 is 0. The van der Waals surface area contributed by atoms with E-state index in [9.17, 15) is 14.0 Å². The van der Waals surface area contributed by atoms with Gasteiger partial charge in [0.15, 0.2) is 0 Å². The van der Waals surface area contributed by atoms with Gasteiger partial charge < -0.3 is 15.4 Å². The second kappa shape index (κ2) is 9.45. The number of aromatic nitrogens is 1. The number of hydrogen-bond donors (Lipinski definition) is 2. The number of anilines is 2. The molecule has 0 fully saturated rings. The van der Waals surface area contributed by atoms with Gasteiger partial charge in [-0.25, -0.2) is 14.2 Å². The molecule has 0 atom stereocenters. The maximum absolute atomic E-state index is 12.9. The van der Waals surface area contributed by atoms with Gasteiger partial charge in [0.1, 0.15) is 11.5 Å². The van der Waals surface area contributed by atoms with Crippen molar-refractivity contribution in [2.45, 2.75) is 6.42 Å². The predicted molar refractivity (Wildman–Crippen MR) is 108 cm³/mol. The summed E-state index contributed by atoms with van der Waals surface area (Å²) in [6, 6.07) is 16.4. The third-order valence-electron chi connectivity index (χ3n) is 4.20. The van der Waals surface area contributed by atoms with E-state index in [1.165, 1.54) is 19.2 Å². The molecule has 0 saturated carbocycles. The van der Waals surface area contributed by atoms with Gasteiger partial charge in [-0.15, -0.1) is 0 Å². The number of ether oxygens (including phenoxy) is 1. The van der Waals surface area contributed by atoms with Crippen LogP contribution in [0.25, 0.3) is 0 Å². The fraction of sp³-hybridized carbons (Fsp3) is 0.136. The van der Waals surface area contributed by atoms with Gasteiger partial charge in [0.25, 0.3) is 5.91 Å². The molecule has 0 radical (unpaired) electrons. The van der Waals surface area contributed by atoms with E-state index < -0.39 is 5.97 Å². The van der Waals surface area contributed by atoms with Crippen molar-refractivity contribution in [2.24, 2.45) is 0 Å². The molecule has 0 aliphatic rings. The summed E-state index contributed by atoms with van der Waals surface area (Å²) < 4.78 is 17.6. The zero-order chi connectivity index (χ0) is 20.6. The third-order valence-corrected chi connectivity index (χ3v) is 4.20. The van der Waals surface area contributed by atoms with Crippen molar-refractivity contribution in [2.75, 3.05) is 19.0 Å². The van der Waals surface area contributed by atoms with Gasteiger partial charge in [-0.3, -0.25) is 4.79 Å². The third kappa shape index (κ3) is 5.62. The average Bonchev–Trinajstić information content (AvgIpc) is 2.75. The topological polar surface area (TPSA) is 80.3 Å². The first-order valence-electron chi connectivity index (χ1n) is 8.99. The Balaban J connectivity index is 1.51. The number of methoxy groups -OCH3 is 1. The highest BCUT2D eigenvalue weighted by Gasteiger charge is 2.08. The van der Waals surface area contributed by atoms with Crippen molar-refractivity contribution in [3.05, 3.63) is 89.5 Å². The van der Waals surface area contributed by atoms with Gasteiger partial charge >= 0.3 is 5.97 Å². The Morgan fingerprint density at radius 1 is 0.966 bits per heavy atom. The van der Waals surface area contributed by atoms with Crippen LogP contribution in [0.15, 0.2) is 66.9 Å². The minimum absolute atomic E-state index is 0.277. The molecule has 1 amide bonds. The molecular weight excluding hydrogens is 373 g/mol. The molecule has 1 heterocycles. The molecule has 0 bridgehead atoms. The van der Waals surface area contributed by atoms with Crippen LogP contribution in [-0.2, 0) is 11.2 Å². The van der Waals surface area contributed by atoms with E-state index in [4.69, 9.17) is 0 Å². The van der Waals surface area contributed by atoms with Crippen LogP contribution in [-0.4, -0.2) is 30.5 Å². The van der Waals surface area contributed by atoms with Gasteiger partial charge in [0.2, 0.25) is 0 Å². The summed E-state index contributed by atoms with van der Waals surface area (Å²) in [5, 5.41) is 5.94. The molecule has 0 unspecified atom stereocenters. The van der Waals surface area contributed by atoms with Crippen LogP contribution in [0.1, 0.15) is 26.4 Å². The summed E-state index contributed by atoms with van der Waals surface area (Å²) in [7, 11) is 1.33. The number of benzene rings is 2. The highest BCUT2D eigenvalue weighted by Crippen LogP contribution is 2.17. The number of carbonyl (C=O) groups excluding carboxylic acids is 2. The van der Waals surface area contributed by atoms with Crippen molar-refractivity contribution in [1.29, 1.82) is 0 Å². The van der Waals surface area contributed by atoms with Gasteiger partial charge in [-0.1, -0.05) is 12.1 Å². The number of halogens is 1. The SMILES string of the molecule is COC(=O)c1ccc(Nc2ccc(C(=O)NCCc3ccc(F)cc3)nc2)cc1. The summed E-state index contributed by atoms with van der Waals surface area (Å²) in [6.07, 6.45) is 2.16. The zero-order valence-corrected chi connectivity index (χ0v) is 15.8. The standard InChI is InChI=1S/C22H20FN3O3/c1-29-22(28)16-4-8-18(9-5-16)26-19-10-11-20(25-14-19)21(27)24-13-12-15-2-6-17(23)7-3-15/h2-11,14,26H,12-13H2,1H3,(H,24,27). The molecule has 3 rings (SSSR count). The molecule has 0 aliphatic carbocycles. The van der Waals surface area contributed by atoms with E-state index in [0.29, 0.717) is 29.9 Å². The molecule has 3 aromatic rings. The number of nitrogens with zero attached hydrogens (tertiary/aromatic N) is 1. The van der Waals surface area contributed by atoms with Crippen LogP contribution in [0.2, 0.25) is 0 Å². The van der Waals surface area contributed by atoms with Crippen LogP contribution in [0.5, 0.6) is 0 Å². The van der Waals surface area contributed by atoms with Crippen LogP contribution in [0.4, 0.5) is 15.8 Å². The predicted octanol–water partition coefficient (Wildman–Crippen LogP) is 3.72. The monoisotopic (exact) mass is 393 g/mol. The Morgan fingerprint density at radius 3 is 2.28 bits per heavy atom. The molecule has 2 aromatic carbocycles. The van der Waals surface area contributed by atoms with Crippen LogP contribution in [0.3, 0.4) is 0 Å². The molecular formula is C22H20FN3O3. The van der Waals surface area contributed by atoms with Gasteiger partial charge in [-0.2, -0.15) is 0 Å². The number of nitrogens with one attached hydrogen (secondary N) is 2. The lowest BCUT2D eigenvalue weighted by Crippen LogP contribution is -2.26. The first-order valence-corrected chi connectivity index (χ1v) is 8.99. The normalized spacial score (nSPS) is 10.3. The van der Waals surface area contributed by atoms with Crippen molar-refractivity contribution in [1.82, 2.24) is 10.3 Å². The van der Waals surface area contributed by atoms with Crippen LogP contribution in [0, 0.1) is 5.82 Å². The van der Waals surface area contributed by atoms with E-state index in [1.54, 1.807) is 54.7 Å². The fourth-order valence-electron chi connectivity index (χ4n) is 2.64. The molecule has 1 aromatic heterocycles. The second-order valence-electron chi connectivity index (χ2n) is 6.26. The van der Waals surface area contributed by atoms with Gasteiger partial charge in [0.05, 0.1) is 24.6 Å². The number of esters is 1. The molecule has 0 saturated heterocycles. The Labute approximate surface area is 167 Å². The van der Waals surface area contributed by atoms with E-state index in [1.807, 2.05) is 0 Å². The van der Waals surface area contributed by atoms with Crippen LogP contribution >= 0.6 is 0 Å². The van der Waals surface area contributed by atoms with E-state index in [0.717, 1.165) is 11.3 Å². The van der Waals surface area contributed by atoms with Crippen molar-refractivity contribution >= 4 is 23.3 Å². The Bertz CT molecular complexity index is 972. The van der Waals surface area contributed by atoms with E-state index >= 15 is 0 Å².